The topological polar surface area (TPSA) is 8.81 Å². The largest absolute Gasteiger partial charge is 0.255 e. The van der Waals surface area contributed by atoms with Gasteiger partial charge in [-0.05, 0) is 6.42 Å². The van der Waals surface area contributed by atoms with Crippen LogP contribution in [0.4, 0.5) is 0 Å². The molecule has 0 saturated heterocycles. The Morgan fingerprint density at radius 3 is 2.90 bits per heavy atom. The van der Waals surface area contributed by atoms with Gasteiger partial charge in [-0.3, -0.25) is 0 Å². The first-order valence-corrected chi connectivity index (χ1v) is 4.43. The second kappa shape index (κ2) is 3.66. The highest BCUT2D eigenvalue weighted by Crippen LogP contribution is 2.04. The summed E-state index contributed by atoms with van der Waals surface area (Å²) in [5, 5.41) is 0. The van der Waals surface area contributed by atoms with E-state index in [1.54, 1.807) is 0 Å². The molecule has 1 heterocycles. The van der Waals surface area contributed by atoms with Crippen LogP contribution in [0.2, 0.25) is 0 Å². The summed E-state index contributed by atoms with van der Waals surface area (Å²) in [5.74, 6) is 1.19. The van der Waals surface area contributed by atoms with Crippen LogP contribution in [-0.4, -0.2) is 9.73 Å². The lowest BCUT2D eigenvalue weighted by molar-refractivity contribution is -0.670. The molecule has 1 aromatic heterocycles. The van der Waals surface area contributed by atoms with E-state index in [4.69, 9.17) is 0 Å². The van der Waals surface area contributed by atoms with Gasteiger partial charge in [0.25, 0.3) is 6.33 Å². The predicted octanol–water partition coefficient (Wildman–Crippen LogP) is 1.22. The van der Waals surface area contributed by atoms with Crippen molar-refractivity contribution in [2.75, 3.05) is 5.75 Å². The predicted molar refractivity (Wildman–Crippen MR) is 43.8 cm³/mol. The molecule has 0 unspecified atom stereocenters. The fourth-order valence-electron chi connectivity index (χ4n) is 0.700. The van der Waals surface area contributed by atoms with Crippen LogP contribution >= 0.6 is 11.9 Å². The second-order valence-corrected chi connectivity index (χ2v) is 3.36. The fraction of sp³-hybridized carbons (Fsp3) is 0.571. The Morgan fingerprint density at radius 1 is 1.60 bits per heavy atom. The molecule has 2 nitrogen and oxygen atoms in total. The highest BCUT2D eigenvalue weighted by Gasteiger charge is 1.98. The smallest absolute Gasteiger partial charge is 0.239 e. The molecule has 0 amide bonds. The van der Waals surface area contributed by atoms with Crippen molar-refractivity contribution in [3.05, 3.63) is 18.7 Å². The van der Waals surface area contributed by atoms with E-state index < -0.39 is 0 Å². The Bertz CT molecular complexity index is 195. The van der Waals surface area contributed by atoms with Gasteiger partial charge in [-0.25, -0.2) is 4.57 Å². The molecule has 0 spiro atoms. The molecule has 0 atom stereocenters. The van der Waals surface area contributed by atoms with E-state index in [2.05, 4.69) is 23.4 Å². The highest BCUT2D eigenvalue weighted by molar-refractivity contribution is 7.97. The first-order chi connectivity index (χ1) is 4.83. The van der Waals surface area contributed by atoms with Gasteiger partial charge in [-0.1, -0.05) is 6.92 Å². The van der Waals surface area contributed by atoms with E-state index in [1.807, 2.05) is 29.8 Å². The molecule has 56 valence electrons. The van der Waals surface area contributed by atoms with E-state index in [0.717, 1.165) is 0 Å². The van der Waals surface area contributed by atoms with Crippen molar-refractivity contribution in [2.24, 2.45) is 7.05 Å². The molecule has 0 aliphatic carbocycles. The van der Waals surface area contributed by atoms with Gasteiger partial charge in [0.1, 0.15) is 12.4 Å². The monoisotopic (exact) mass is 157 g/mol. The Kier molecular flexibility index (Phi) is 2.81. The van der Waals surface area contributed by atoms with E-state index >= 15 is 0 Å². The fourth-order valence-corrected chi connectivity index (χ4v) is 1.45. The van der Waals surface area contributed by atoms with Gasteiger partial charge in [0.2, 0.25) is 0 Å². The van der Waals surface area contributed by atoms with Gasteiger partial charge in [-0.15, -0.1) is 0 Å². The van der Waals surface area contributed by atoms with Crippen LogP contribution in [0.3, 0.4) is 0 Å². The molecule has 10 heavy (non-hydrogen) atoms. The zero-order valence-corrected chi connectivity index (χ0v) is 7.27. The molecule has 1 rings (SSSR count). The molecule has 0 aliphatic heterocycles. The van der Waals surface area contributed by atoms with Gasteiger partial charge in [0.15, 0.2) is 0 Å². The molecule has 0 aliphatic rings. The Hall–Kier alpha value is -0.440. The van der Waals surface area contributed by atoms with Crippen molar-refractivity contribution < 1.29 is 4.57 Å². The lowest BCUT2D eigenvalue weighted by atomic mass is 10.6. The summed E-state index contributed by atoms with van der Waals surface area (Å²) in [4.78, 5) is 0. The average molecular weight is 157 g/mol. The first kappa shape index (κ1) is 7.66. The molecule has 1 aromatic rings. The summed E-state index contributed by atoms with van der Waals surface area (Å²) in [6.07, 6.45) is 7.41. The maximum Gasteiger partial charge on any atom is 0.255 e. The Labute approximate surface area is 66.0 Å². The summed E-state index contributed by atoms with van der Waals surface area (Å²) < 4.78 is 4.17. The average Bonchev–Trinajstić information content (AvgIpc) is 2.31. The number of hydrogen-bond donors (Lipinski definition) is 0. The summed E-state index contributed by atoms with van der Waals surface area (Å²) in [7, 11) is 2.03. The first-order valence-electron chi connectivity index (χ1n) is 3.49. The molecule has 0 saturated carbocycles. The van der Waals surface area contributed by atoms with E-state index in [0.29, 0.717) is 0 Å². The lowest BCUT2D eigenvalue weighted by Crippen LogP contribution is -2.23. The number of rotatable bonds is 3. The Morgan fingerprint density at radius 2 is 2.40 bits per heavy atom. The van der Waals surface area contributed by atoms with Crippen LogP contribution in [0.1, 0.15) is 13.3 Å². The van der Waals surface area contributed by atoms with Crippen molar-refractivity contribution in [3.8, 4) is 0 Å². The third kappa shape index (κ3) is 2.06. The molecule has 0 fully saturated rings. The van der Waals surface area contributed by atoms with Gasteiger partial charge < -0.3 is 0 Å². The molecule has 3 heteroatoms. The Balaban J connectivity index is 2.42. The molecule has 0 bridgehead atoms. The van der Waals surface area contributed by atoms with Gasteiger partial charge >= 0.3 is 0 Å². The third-order valence-electron chi connectivity index (χ3n) is 1.19. The van der Waals surface area contributed by atoms with E-state index in [9.17, 15) is 0 Å². The zero-order valence-electron chi connectivity index (χ0n) is 6.45. The quantitative estimate of drug-likeness (QED) is 0.599. The summed E-state index contributed by atoms with van der Waals surface area (Å²) in [6.45, 7) is 2.19. The second-order valence-electron chi connectivity index (χ2n) is 2.27. The van der Waals surface area contributed by atoms with Crippen LogP contribution < -0.4 is 4.57 Å². The van der Waals surface area contributed by atoms with E-state index in [1.165, 1.54) is 12.2 Å². The van der Waals surface area contributed by atoms with Crippen LogP contribution in [0.5, 0.6) is 0 Å². The minimum atomic E-state index is 1.19. The van der Waals surface area contributed by atoms with E-state index in [-0.39, 0.29) is 0 Å². The number of hydrogen-bond acceptors (Lipinski definition) is 1. The molecule has 0 radical (unpaired) electrons. The van der Waals surface area contributed by atoms with Crippen LogP contribution in [0, 0.1) is 0 Å². The zero-order chi connectivity index (χ0) is 7.40. The maximum atomic E-state index is 2.19. The number of aromatic nitrogens is 2. The van der Waals surface area contributed by atoms with Crippen molar-refractivity contribution in [2.45, 2.75) is 13.3 Å². The van der Waals surface area contributed by atoms with Gasteiger partial charge in [0, 0.05) is 5.75 Å². The minimum Gasteiger partial charge on any atom is -0.239 e. The van der Waals surface area contributed by atoms with Crippen LogP contribution in [-0.2, 0) is 7.05 Å². The van der Waals surface area contributed by atoms with Crippen molar-refractivity contribution >= 4 is 11.9 Å². The number of imidazole rings is 1. The van der Waals surface area contributed by atoms with Crippen LogP contribution in [0.15, 0.2) is 18.7 Å². The summed E-state index contributed by atoms with van der Waals surface area (Å²) >= 11 is 1.84. The standard InChI is InChI=1S/C7H13N2S/c1-3-6-10-9-5-4-8(2)7-9/h4-5,7H,3,6H2,1-2H3/q+1. The van der Waals surface area contributed by atoms with Crippen molar-refractivity contribution in [1.82, 2.24) is 3.97 Å². The van der Waals surface area contributed by atoms with Crippen molar-refractivity contribution in [1.29, 1.82) is 0 Å². The van der Waals surface area contributed by atoms with Crippen LogP contribution in [0.25, 0.3) is 0 Å². The summed E-state index contributed by atoms with van der Waals surface area (Å²) in [6, 6.07) is 0. The lowest BCUT2D eigenvalue weighted by Gasteiger charge is -1.88. The molecule has 0 aromatic carbocycles. The normalized spacial score (nSPS) is 10.2. The molecular weight excluding hydrogens is 144 g/mol. The molecular formula is C7H13N2S+. The van der Waals surface area contributed by atoms with Crippen molar-refractivity contribution in [3.63, 3.8) is 0 Å². The number of aryl methyl sites for hydroxylation is 1. The maximum absolute atomic E-state index is 2.19. The highest BCUT2D eigenvalue weighted by atomic mass is 32.2. The van der Waals surface area contributed by atoms with Gasteiger partial charge in [0.05, 0.1) is 19.0 Å². The SMILES string of the molecule is CCCSn1cc[n+](C)c1. The summed E-state index contributed by atoms with van der Waals surface area (Å²) in [5.41, 5.74) is 0. The number of nitrogens with zero attached hydrogens (tertiary/aromatic N) is 2. The minimum absolute atomic E-state index is 1.19. The third-order valence-corrected chi connectivity index (χ3v) is 2.29. The van der Waals surface area contributed by atoms with Gasteiger partial charge in [-0.2, -0.15) is 3.97 Å². The molecule has 0 N–H and O–H groups in total.